The molecule has 2 aromatic carbocycles. The molecule has 2 saturated heterocycles. The van der Waals surface area contributed by atoms with Crippen LogP contribution in [0.25, 0.3) is 10.8 Å². The van der Waals surface area contributed by atoms with Crippen LogP contribution in [0.4, 0.5) is 0 Å². The predicted molar refractivity (Wildman–Crippen MR) is 102 cm³/mol. The van der Waals surface area contributed by atoms with E-state index in [0.717, 1.165) is 29.2 Å². The first-order valence-corrected chi connectivity index (χ1v) is 9.46. The van der Waals surface area contributed by atoms with Gasteiger partial charge in [0.25, 0.3) is 0 Å². The summed E-state index contributed by atoms with van der Waals surface area (Å²) < 4.78 is 0. The highest BCUT2D eigenvalue weighted by atomic mass is 16.2. The van der Waals surface area contributed by atoms with Gasteiger partial charge in [0.05, 0.1) is 13.0 Å². The molecule has 0 aromatic heterocycles. The van der Waals surface area contributed by atoms with Gasteiger partial charge in [-0.15, -0.1) is 0 Å². The van der Waals surface area contributed by atoms with E-state index >= 15 is 0 Å². The molecule has 2 bridgehead atoms. The SMILES string of the molecule is O=C(Cc1cccc2ccccc12)NCC(=O)NC1CC2CCC(C1)N2. The third kappa shape index (κ3) is 3.88. The van der Waals surface area contributed by atoms with E-state index in [2.05, 4.69) is 16.0 Å². The minimum atomic E-state index is -0.123. The van der Waals surface area contributed by atoms with Gasteiger partial charge in [-0.05, 0) is 42.0 Å². The third-order valence-electron chi connectivity index (χ3n) is 5.52. The van der Waals surface area contributed by atoms with Crippen molar-refractivity contribution in [3.8, 4) is 0 Å². The fourth-order valence-electron chi connectivity index (χ4n) is 4.31. The molecule has 2 aliphatic heterocycles. The van der Waals surface area contributed by atoms with Crippen molar-refractivity contribution in [2.24, 2.45) is 0 Å². The van der Waals surface area contributed by atoms with Crippen molar-refractivity contribution in [1.29, 1.82) is 0 Å². The Bertz CT molecular complexity index is 803. The maximum absolute atomic E-state index is 12.3. The molecule has 0 aliphatic carbocycles. The molecule has 26 heavy (non-hydrogen) atoms. The lowest BCUT2D eigenvalue weighted by Crippen LogP contribution is -2.50. The Kier molecular flexibility index (Phi) is 4.89. The molecule has 3 N–H and O–H groups in total. The fourth-order valence-corrected chi connectivity index (χ4v) is 4.31. The maximum Gasteiger partial charge on any atom is 0.239 e. The molecule has 2 atom stereocenters. The van der Waals surface area contributed by atoms with E-state index in [1.807, 2.05) is 42.5 Å². The molecule has 5 nitrogen and oxygen atoms in total. The van der Waals surface area contributed by atoms with Crippen molar-refractivity contribution in [2.45, 2.75) is 50.2 Å². The topological polar surface area (TPSA) is 70.2 Å². The number of benzene rings is 2. The summed E-state index contributed by atoms with van der Waals surface area (Å²) in [4.78, 5) is 24.4. The van der Waals surface area contributed by atoms with E-state index in [1.54, 1.807) is 0 Å². The molecular weight excluding hydrogens is 326 g/mol. The van der Waals surface area contributed by atoms with E-state index < -0.39 is 0 Å². The highest BCUT2D eigenvalue weighted by Gasteiger charge is 2.33. The van der Waals surface area contributed by atoms with Crippen LogP contribution < -0.4 is 16.0 Å². The highest BCUT2D eigenvalue weighted by Crippen LogP contribution is 2.26. The van der Waals surface area contributed by atoms with Gasteiger partial charge in [-0.3, -0.25) is 9.59 Å². The van der Waals surface area contributed by atoms with Crippen molar-refractivity contribution in [3.63, 3.8) is 0 Å². The molecule has 2 heterocycles. The van der Waals surface area contributed by atoms with Crippen LogP contribution in [0.1, 0.15) is 31.2 Å². The number of amides is 2. The lowest BCUT2D eigenvalue weighted by Gasteiger charge is -2.29. The van der Waals surface area contributed by atoms with Crippen molar-refractivity contribution in [1.82, 2.24) is 16.0 Å². The molecule has 5 heteroatoms. The lowest BCUT2D eigenvalue weighted by atomic mass is 10.00. The normalized spacial score (nSPS) is 24.4. The first-order valence-electron chi connectivity index (χ1n) is 9.46. The molecule has 2 aromatic rings. The Morgan fingerprint density at radius 2 is 1.69 bits per heavy atom. The maximum atomic E-state index is 12.3. The van der Waals surface area contributed by atoms with Gasteiger partial charge < -0.3 is 16.0 Å². The van der Waals surface area contributed by atoms with Crippen LogP contribution in [0.3, 0.4) is 0 Å². The first-order chi connectivity index (χ1) is 12.7. The second-order valence-corrected chi connectivity index (χ2v) is 7.47. The van der Waals surface area contributed by atoms with Gasteiger partial charge in [0.1, 0.15) is 0 Å². The summed E-state index contributed by atoms with van der Waals surface area (Å²) >= 11 is 0. The molecule has 2 aliphatic rings. The number of rotatable bonds is 5. The summed E-state index contributed by atoms with van der Waals surface area (Å²) in [7, 11) is 0. The molecule has 4 rings (SSSR count). The molecule has 136 valence electrons. The van der Waals surface area contributed by atoms with E-state index in [0.29, 0.717) is 12.1 Å². The van der Waals surface area contributed by atoms with E-state index in [1.165, 1.54) is 12.8 Å². The van der Waals surface area contributed by atoms with E-state index in [9.17, 15) is 9.59 Å². The Labute approximate surface area is 153 Å². The van der Waals surface area contributed by atoms with E-state index in [4.69, 9.17) is 0 Å². The van der Waals surface area contributed by atoms with Crippen LogP contribution in [-0.2, 0) is 16.0 Å². The average molecular weight is 351 g/mol. The number of nitrogens with one attached hydrogen (secondary N) is 3. The molecule has 0 saturated carbocycles. The summed E-state index contributed by atoms with van der Waals surface area (Å²) in [6, 6.07) is 15.3. The summed E-state index contributed by atoms with van der Waals surface area (Å²) in [5.74, 6) is -0.218. The van der Waals surface area contributed by atoms with Crippen molar-refractivity contribution < 1.29 is 9.59 Å². The summed E-state index contributed by atoms with van der Waals surface area (Å²) in [5, 5.41) is 11.6. The van der Waals surface area contributed by atoms with Gasteiger partial charge in [-0.2, -0.15) is 0 Å². The van der Waals surface area contributed by atoms with Crippen molar-refractivity contribution >= 4 is 22.6 Å². The zero-order chi connectivity index (χ0) is 17.9. The van der Waals surface area contributed by atoms with Crippen LogP contribution in [-0.4, -0.2) is 36.5 Å². The third-order valence-corrected chi connectivity index (χ3v) is 5.52. The van der Waals surface area contributed by atoms with E-state index in [-0.39, 0.29) is 30.8 Å². The Hall–Kier alpha value is -2.40. The molecule has 0 spiro atoms. The van der Waals surface area contributed by atoms with Gasteiger partial charge >= 0.3 is 0 Å². The average Bonchev–Trinajstić information content (AvgIpc) is 2.99. The van der Waals surface area contributed by atoms with Gasteiger partial charge in [-0.1, -0.05) is 42.5 Å². The lowest BCUT2D eigenvalue weighted by molar-refractivity contribution is -0.126. The minimum absolute atomic E-state index is 0.0445. The summed E-state index contributed by atoms with van der Waals surface area (Å²) in [6.07, 6.45) is 4.68. The highest BCUT2D eigenvalue weighted by molar-refractivity contribution is 5.91. The van der Waals surface area contributed by atoms with Crippen molar-refractivity contribution in [2.75, 3.05) is 6.54 Å². The molecule has 2 unspecified atom stereocenters. The summed E-state index contributed by atoms with van der Waals surface area (Å²) in [6.45, 7) is 0.0445. The number of hydrogen-bond acceptors (Lipinski definition) is 3. The first kappa shape index (κ1) is 17.0. The van der Waals surface area contributed by atoms with Crippen LogP contribution >= 0.6 is 0 Å². The fraction of sp³-hybridized carbons (Fsp3) is 0.429. The van der Waals surface area contributed by atoms with Gasteiger partial charge in [-0.25, -0.2) is 0 Å². The van der Waals surface area contributed by atoms with Gasteiger partial charge in [0, 0.05) is 18.1 Å². The summed E-state index contributed by atoms with van der Waals surface area (Å²) in [5.41, 5.74) is 0.982. The number of carbonyl (C=O) groups excluding carboxylic acids is 2. The minimum Gasteiger partial charge on any atom is -0.352 e. The quantitative estimate of drug-likeness (QED) is 0.771. The van der Waals surface area contributed by atoms with Crippen LogP contribution in [0.2, 0.25) is 0 Å². The Morgan fingerprint density at radius 1 is 0.962 bits per heavy atom. The molecule has 0 radical (unpaired) electrons. The zero-order valence-corrected chi connectivity index (χ0v) is 14.8. The number of carbonyl (C=O) groups is 2. The predicted octanol–water partition coefficient (Wildman–Crippen LogP) is 1.90. The number of hydrogen-bond donors (Lipinski definition) is 3. The standard InChI is InChI=1S/C21H25N3O2/c25-20(10-15-6-3-5-14-4-1-2-7-19(14)15)22-13-21(26)24-18-11-16-8-9-17(12-18)23-16/h1-7,16-18,23H,8-13H2,(H,22,25)(H,24,26). The second-order valence-electron chi connectivity index (χ2n) is 7.47. The Morgan fingerprint density at radius 3 is 2.50 bits per heavy atom. The number of fused-ring (bicyclic) bond motifs is 3. The molecule has 2 fully saturated rings. The van der Waals surface area contributed by atoms with Crippen LogP contribution in [0.5, 0.6) is 0 Å². The Balaban J connectivity index is 1.27. The van der Waals surface area contributed by atoms with Crippen LogP contribution in [0.15, 0.2) is 42.5 Å². The zero-order valence-electron chi connectivity index (χ0n) is 14.8. The second kappa shape index (κ2) is 7.46. The van der Waals surface area contributed by atoms with Gasteiger partial charge in [0.2, 0.25) is 11.8 Å². The monoisotopic (exact) mass is 351 g/mol. The van der Waals surface area contributed by atoms with Crippen LogP contribution in [0, 0.1) is 0 Å². The van der Waals surface area contributed by atoms with Crippen molar-refractivity contribution in [3.05, 3.63) is 48.0 Å². The molecular formula is C21H25N3O2. The molecule has 2 amide bonds. The smallest absolute Gasteiger partial charge is 0.239 e. The van der Waals surface area contributed by atoms with Gasteiger partial charge in [0.15, 0.2) is 0 Å². The largest absolute Gasteiger partial charge is 0.352 e. The number of piperidine rings is 1.